The van der Waals surface area contributed by atoms with Gasteiger partial charge in [-0.15, -0.1) is 0 Å². The predicted octanol–water partition coefficient (Wildman–Crippen LogP) is 2.24. The van der Waals surface area contributed by atoms with Crippen molar-refractivity contribution in [1.29, 1.82) is 0 Å². The highest BCUT2D eigenvalue weighted by atomic mass is 16.5. The van der Waals surface area contributed by atoms with E-state index < -0.39 is 0 Å². The standard InChI is InChI=1S/C20H43N3O3.2H2/c1-18(2)17-21-7-11-24-13-15-26-16-14-25-12-10-23-8-5-20(6-9-23)22-19(3)4;;/h18-22H,5-17H2,1-4H3;2*1H. The summed E-state index contributed by atoms with van der Waals surface area (Å²) < 4.78 is 16.7. The van der Waals surface area contributed by atoms with Crippen LogP contribution in [0.4, 0.5) is 0 Å². The van der Waals surface area contributed by atoms with Crippen molar-refractivity contribution in [1.82, 2.24) is 15.5 Å². The third-order valence-corrected chi connectivity index (χ3v) is 4.43. The molecule has 0 bridgehead atoms. The molecule has 0 atom stereocenters. The first kappa shape index (κ1) is 23.8. The number of piperidine rings is 1. The van der Waals surface area contributed by atoms with E-state index in [-0.39, 0.29) is 2.85 Å². The van der Waals surface area contributed by atoms with E-state index in [0.29, 0.717) is 44.4 Å². The van der Waals surface area contributed by atoms with Gasteiger partial charge in [0.05, 0.1) is 39.6 Å². The van der Waals surface area contributed by atoms with Crippen molar-refractivity contribution in [3.05, 3.63) is 0 Å². The van der Waals surface area contributed by atoms with Gasteiger partial charge in [-0.3, -0.25) is 0 Å². The van der Waals surface area contributed by atoms with E-state index in [1.54, 1.807) is 0 Å². The van der Waals surface area contributed by atoms with E-state index in [0.717, 1.165) is 32.8 Å². The third kappa shape index (κ3) is 13.9. The van der Waals surface area contributed by atoms with Crippen molar-refractivity contribution in [2.24, 2.45) is 5.92 Å². The molecule has 1 aliphatic rings. The van der Waals surface area contributed by atoms with E-state index in [2.05, 4.69) is 43.2 Å². The van der Waals surface area contributed by atoms with Crippen molar-refractivity contribution >= 4 is 0 Å². The molecule has 0 aromatic rings. The first-order valence-electron chi connectivity index (χ1n) is 10.5. The van der Waals surface area contributed by atoms with Gasteiger partial charge in [0.2, 0.25) is 0 Å². The molecule has 160 valence electrons. The van der Waals surface area contributed by atoms with Crippen LogP contribution in [0.5, 0.6) is 0 Å². The Balaban J connectivity index is 0. The average molecular weight is 378 g/mol. The number of hydrogen-bond acceptors (Lipinski definition) is 6. The molecule has 26 heavy (non-hydrogen) atoms. The summed E-state index contributed by atoms with van der Waals surface area (Å²) in [5.41, 5.74) is 0. The largest absolute Gasteiger partial charge is 0.378 e. The molecule has 1 aliphatic heterocycles. The zero-order chi connectivity index (χ0) is 19.0. The van der Waals surface area contributed by atoms with E-state index in [9.17, 15) is 0 Å². The van der Waals surface area contributed by atoms with Gasteiger partial charge in [0.1, 0.15) is 0 Å². The zero-order valence-corrected chi connectivity index (χ0v) is 17.6. The van der Waals surface area contributed by atoms with E-state index >= 15 is 0 Å². The minimum atomic E-state index is 0. The third-order valence-electron chi connectivity index (χ3n) is 4.43. The first-order chi connectivity index (χ1) is 12.6. The topological polar surface area (TPSA) is 55.0 Å². The summed E-state index contributed by atoms with van der Waals surface area (Å²) in [7, 11) is 0. The monoisotopic (exact) mass is 377 g/mol. The summed E-state index contributed by atoms with van der Waals surface area (Å²) in [6.07, 6.45) is 2.49. The van der Waals surface area contributed by atoms with Crippen LogP contribution in [-0.4, -0.2) is 89.3 Å². The Labute approximate surface area is 164 Å². The van der Waals surface area contributed by atoms with Crippen molar-refractivity contribution in [3.63, 3.8) is 0 Å². The van der Waals surface area contributed by atoms with Crippen LogP contribution in [-0.2, 0) is 14.2 Å². The molecule has 0 spiro atoms. The Hall–Kier alpha value is -0.240. The molecule has 0 unspecified atom stereocenters. The quantitative estimate of drug-likeness (QED) is 0.402. The fourth-order valence-electron chi connectivity index (χ4n) is 3.07. The highest BCUT2D eigenvalue weighted by Crippen LogP contribution is 2.10. The van der Waals surface area contributed by atoms with Gasteiger partial charge >= 0.3 is 0 Å². The van der Waals surface area contributed by atoms with Crippen LogP contribution in [0.1, 0.15) is 43.4 Å². The van der Waals surface area contributed by atoms with Crippen molar-refractivity contribution in [2.45, 2.75) is 52.6 Å². The maximum atomic E-state index is 5.68. The van der Waals surface area contributed by atoms with E-state index in [1.807, 2.05) is 0 Å². The highest BCUT2D eigenvalue weighted by molar-refractivity contribution is 4.78. The Kier molecular flexibility index (Phi) is 14.4. The number of rotatable bonds is 16. The van der Waals surface area contributed by atoms with Crippen molar-refractivity contribution < 1.29 is 17.1 Å². The number of nitrogens with zero attached hydrogens (tertiary/aromatic N) is 1. The Bertz CT molecular complexity index is 319. The lowest BCUT2D eigenvalue weighted by Crippen LogP contribution is -2.45. The molecule has 0 aromatic heterocycles. The van der Waals surface area contributed by atoms with E-state index in [4.69, 9.17) is 14.2 Å². The highest BCUT2D eigenvalue weighted by Gasteiger charge is 2.18. The molecule has 0 amide bonds. The lowest BCUT2D eigenvalue weighted by molar-refractivity contribution is 0.00976. The molecular weight excluding hydrogens is 330 g/mol. The summed E-state index contributed by atoms with van der Waals surface area (Å²) in [5, 5.41) is 6.99. The Morgan fingerprint density at radius 2 is 1.46 bits per heavy atom. The van der Waals surface area contributed by atoms with Crippen LogP contribution in [0.2, 0.25) is 0 Å². The van der Waals surface area contributed by atoms with Crippen LogP contribution < -0.4 is 10.6 Å². The van der Waals surface area contributed by atoms with Crippen LogP contribution in [0.15, 0.2) is 0 Å². The normalized spacial score (nSPS) is 16.8. The lowest BCUT2D eigenvalue weighted by atomic mass is 10.0. The predicted molar refractivity (Wildman–Crippen MR) is 112 cm³/mol. The fourth-order valence-corrected chi connectivity index (χ4v) is 3.07. The minimum Gasteiger partial charge on any atom is -0.378 e. The molecular formula is C20H47N3O3. The first-order valence-corrected chi connectivity index (χ1v) is 10.5. The molecule has 1 rings (SSSR count). The van der Waals surface area contributed by atoms with Crippen LogP contribution in [0.3, 0.4) is 0 Å². The maximum Gasteiger partial charge on any atom is 0.0701 e. The molecule has 1 heterocycles. The molecule has 0 aliphatic carbocycles. The van der Waals surface area contributed by atoms with Gasteiger partial charge in [0.15, 0.2) is 0 Å². The van der Waals surface area contributed by atoms with E-state index in [1.165, 1.54) is 25.9 Å². The molecule has 6 heteroatoms. The summed E-state index contributed by atoms with van der Waals surface area (Å²) in [5.74, 6) is 0.687. The van der Waals surface area contributed by atoms with Crippen LogP contribution in [0, 0.1) is 5.92 Å². The second-order valence-electron chi connectivity index (χ2n) is 7.87. The Morgan fingerprint density at radius 1 is 0.885 bits per heavy atom. The average Bonchev–Trinajstić information content (AvgIpc) is 2.59. The number of likely N-dealkylation sites (tertiary alicyclic amines) is 1. The van der Waals surface area contributed by atoms with Gasteiger partial charge in [-0.2, -0.15) is 0 Å². The molecule has 0 radical (unpaired) electrons. The van der Waals surface area contributed by atoms with Gasteiger partial charge in [-0.1, -0.05) is 27.7 Å². The summed E-state index contributed by atoms with van der Waals surface area (Å²) >= 11 is 0. The second-order valence-corrected chi connectivity index (χ2v) is 7.87. The zero-order valence-electron chi connectivity index (χ0n) is 17.6. The summed E-state index contributed by atoms with van der Waals surface area (Å²) in [6, 6.07) is 1.27. The van der Waals surface area contributed by atoms with Gasteiger partial charge in [0, 0.05) is 28.0 Å². The molecule has 2 N–H and O–H groups in total. The fraction of sp³-hybridized carbons (Fsp3) is 1.00. The maximum absolute atomic E-state index is 5.68. The Morgan fingerprint density at radius 3 is 2.04 bits per heavy atom. The van der Waals surface area contributed by atoms with Gasteiger partial charge in [0.25, 0.3) is 0 Å². The molecule has 1 saturated heterocycles. The van der Waals surface area contributed by atoms with Crippen LogP contribution >= 0.6 is 0 Å². The van der Waals surface area contributed by atoms with Crippen molar-refractivity contribution in [3.8, 4) is 0 Å². The van der Waals surface area contributed by atoms with Gasteiger partial charge in [-0.25, -0.2) is 0 Å². The molecule has 1 fully saturated rings. The molecule has 6 nitrogen and oxygen atoms in total. The smallest absolute Gasteiger partial charge is 0.0701 e. The lowest BCUT2D eigenvalue weighted by Gasteiger charge is -2.33. The molecule has 0 aromatic carbocycles. The minimum absolute atomic E-state index is 0. The van der Waals surface area contributed by atoms with Gasteiger partial charge < -0.3 is 29.7 Å². The summed E-state index contributed by atoms with van der Waals surface area (Å²) in [6.45, 7) is 18.3. The SMILES string of the molecule is CC(C)CNCCOCCOCCOCCN1CCC(NC(C)C)CC1.[HH].[HH]. The molecule has 0 saturated carbocycles. The van der Waals surface area contributed by atoms with Crippen molar-refractivity contribution in [2.75, 3.05) is 72.4 Å². The van der Waals surface area contributed by atoms with Crippen LogP contribution in [0.25, 0.3) is 0 Å². The number of hydrogen-bond donors (Lipinski definition) is 2. The second kappa shape index (κ2) is 15.8. The number of nitrogens with one attached hydrogen (secondary N) is 2. The van der Waals surface area contributed by atoms with Gasteiger partial charge in [-0.05, 0) is 38.4 Å². The summed E-state index contributed by atoms with van der Waals surface area (Å²) in [4.78, 5) is 2.50. The number of ether oxygens (including phenoxy) is 3.